The summed E-state index contributed by atoms with van der Waals surface area (Å²) < 4.78 is 6.33. The number of nitrogen functional groups attached to an aromatic ring is 1. The molecule has 1 aromatic carbocycles. The fourth-order valence-electron chi connectivity index (χ4n) is 1.85. The van der Waals surface area contributed by atoms with Crippen molar-refractivity contribution in [3.8, 4) is 17.0 Å². The summed E-state index contributed by atoms with van der Waals surface area (Å²) in [6, 6.07) is 3.92. The van der Waals surface area contributed by atoms with E-state index >= 15 is 0 Å². The normalized spacial score (nSPS) is 11.0. The van der Waals surface area contributed by atoms with Crippen LogP contribution in [-0.2, 0) is 0 Å². The molecule has 0 radical (unpaired) electrons. The van der Waals surface area contributed by atoms with E-state index in [2.05, 4.69) is 9.97 Å². The van der Waals surface area contributed by atoms with Crippen LogP contribution in [0, 0.1) is 6.92 Å². The molecule has 0 unspecified atom stereocenters. The number of methoxy groups -OCH3 is 1. The van der Waals surface area contributed by atoms with Gasteiger partial charge in [0.15, 0.2) is 5.13 Å². The summed E-state index contributed by atoms with van der Waals surface area (Å²) in [5.41, 5.74) is 8.63. The van der Waals surface area contributed by atoms with E-state index in [-0.39, 0.29) is 0 Å². The molecule has 18 heavy (non-hydrogen) atoms. The number of aromatic nitrogens is 2. The van der Waals surface area contributed by atoms with Gasteiger partial charge in [0.05, 0.1) is 22.5 Å². The highest BCUT2D eigenvalue weighted by molar-refractivity contribution is 7.22. The summed E-state index contributed by atoms with van der Waals surface area (Å²) >= 11 is 3.10. The Balaban J connectivity index is 2.30. The van der Waals surface area contributed by atoms with E-state index in [1.807, 2.05) is 24.4 Å². The molecule has 2 heterocycles. The maximum absolute atomic E-state index is 5.80. The van der Waals surface area contributed by atoms with Gasteiger partial charge in [0.2, 0.25) is 0 Å². The van der Waals surface area contributed by atoms with Gasteiger partial charge in [0, 0.05) is 10.9 Å². The second-order valence-electron chi connectivity index (χ2n) is 3.80. The Morgan fingerprint density at radius 1 is 1.28 bits per heavy atom. The van der Waals surface area contributed by atoms with Crippen molar-refractivity contribution < 1.29 is 4.74 Å². The summed E-state index contributed by atoms with van der Waals surface area (Å²) in [4.78, 5) is 8.84. The van der Waals surface area contributed by atoms with E-state index in [0.717, 1.165) is 32.2 Å². The quantitative estimate of drug-likeness (QED) is 0.780. The van der Waals surface area contributed by atoms with E-state index in [1.165, 1.54) is 11.3 Å². The Labute approximate surface area is 112 Å². The molecule has 3 rings (SSSR count). The zero-order valence-corrected chi connectivity index (χ0v) is 11.6. The molecule has 0 saturated heterocycles. The highest BCUT2D eigenvalue weighted by Crippen LogP contribution is 2.38. The number of hydrogen-bond donors (Lipinski definition) is 1. The smallest absolute Gasteiger partial charge is 0.181 e. The predicted octanol–water partition coefficient (Wildman–Crippen LogP) is 3.32. The first-order valence-electron chi connectivity index (χ1n) is 5.34. The Morgan fingerprint density at radius 3 is 2.78 bits per heavy atom. The average molecular weight is 277 g/mol. The van der Waals surface area contributed by atoms with Crippen LogP contribution in [0.15, 0.2) is 17.5 Å². The van der Waals surface area contributed by atoms with Crippen molar-refractivity contribution in [2.45, 2.75) is 6.92 Å². The van der Waals surface area contributed by atoms with E-state index in [1.54, 1.807) is 18.4 Å². The van der Waals surface area contributed by atoms with Crippen LogP contribution in [0.25, 0.3) is 21.5 Å². The number of nitrogens with zero attached hydrogens (tertiary/aromatic N) is 2. The third-order valence-electron chi connectivity index (χ3n) is 2.64. The monoisotopic (exact) mass is 277 g/mol. The van der Waals surface area contributed by atoms with Crippen molar-refractivity contribution in [1.82, 2.24) is 9.97 Å². The van der Waals surface area contributed by atoms with Gasteiger partial charge in [-0.05, 0) is 19.1 Å². The number of benzene rings is 1. The first-order valence-corrected chi connectivity index (χ1v) is 7.04. The van der Waals surface area contributed by atoms with Crippen molar-refractivity contribution in [1.29, 1.82) is 0 Å². The van der Waals surface area contributed by atoms with Gasteiger partial charge in [0.1, 0.15) is 11.3 Å². The lowest BCUT2D eigenvalue weighted by Gasteiger charge is -2.03. The number of thiazole rings is 2. The van der Waals surface area contributed by atoms with Gasteiger partial charge in [-0.25, -0.2) is 9.97 Å². The van der Waals surface area contributed by atoms with Gasteiger partial charge in [-0.2, -0.15) is 0 Å². The van der Waals surface area contributed by atoms with Crippen LogP contribution in [0.3, 0.4) is 0 Å². The van der Waals surface area contributed by atoms with Gasteiger partial charge in [-0.1, -0.05) is 11.3 Å². The summed E-state index contributed by atoms with van der Waals surface area (Å²) in [6.45, 7) is 2.00. The number of hydrogen-bond acceptors (Lipinski definition) is 6. The van der Waals surface area contributed by atoms with Gasteiger partial charge >= 0.3 is 0 Å². The molecule has 0 fully saturated rings. The van der Waals surface area contributed by atoms with E-state index < -0.39 is 0 Å². The standard InChI is InChI=1S/C12H11N3OS2/c1-6-14-8(5-17-6)7-3-4-9(16-2)10-11(7)18-12(13)15-10/h3-5H,1-2H3,(H2,13,15). The molecule has 6 heteroatoms. The molecule has 0 bridgehead atoms. The average Bonchev–Trinajstić information content (AvgIpc) is 2.93. The second-order valence-corrected chi connectivity index (χ2v) is 5.89. The van der Waals surface area contributed by atoms with Crippen LogP contribution >= 0.6 is 22.7 Å². The van der Waals surface area contributed by atoms with Crippen LogP contribution in [0.4, 0.5) is 5.13 Å². The lowest BCUT2D eigenvalue weighted by molar-refractivity contribution is 0.419. The van der Waals surface area contributed by atoms with Crippen LogP contribution in [0.5, 0.6) is 5.75 Å². The van der Waals surface area contributed by atoms with Crippen LogP contribution in [-0.4, -0.2) is 17.1 Å². The van der Waals surface area contributed by atoms with Gasteiger partial charge in [-0.15, -0.1) is 11.3 Å². The minimum Gasteiger partial charge on any atom is -0.494 e. The molecular weight excluding hydrogens is 266 g/mol. The van der Waals surface area contributed by atoms with Crippen molar-refractivity contribution >= 4 is 38.0 Å². The van der Waals surface area contributed by atoms with Crippen molar-refractivity contribution in [3.05, 3.63) is 22.5 Å². The fraction of sp³-hybridized carbons (Fsp3) is 0.167. The highest BCUT2D eigenvalue weighted by atomic mass is 32.1. The van der Waals surface area contributed by atoms with Crippen LogP contribution in [0.1, 0.15) is 5.01 Å². The summed E-state index contributed by atoms with van der Waals surface area (Å²) in [5.74, 6) is 0.744. The van der Waals surface area contributed by atoms with Gasteiger partial charge in [-0.3, -0.25) is 0 Å². The molecule has 0 aliphatic carbocycles. The molecule has 2 aromatic heterocycles. The molecule has 2 N–H and O–H groups in total. The number of nitrogens with two attached hydrogens (primary N) is 1. The molecule has 3 aromatic rings. The summed E-state index contributed by atoms with van der Waals surface area (Å²) in [7, 11) is 1.64. The molecule has 0 atom stereocenters. The lowest BCUT2D eigenvalue weighted by atomic mass is 10.1. The number of fused-ring (bicyclic) bond motifs is 1. The van der Waals surface area contributed by atoms with Crippen LogP contribution < -0.4 is 10.5 Å². The van der Waals surface area contributed by atoms with Crippen LogP contribution in [0.2, 0.25) is 0 Å². The Kier molecular flexibility index (Phi) is 2.68. The summed E-state index contributed by atoms with van der Waals surface area (Å²) in [5, 5.41) is 3.64. The van der Waals surface area contributed by atoms with Crippen molar-refractivity contribution in [2.75, 3.05) is 12.8 Å². The maximum atomic E-state index is 5.80. The first kappa shape index (κ1) is 11.4. The van der Waals surface area contributed by atoms with Gasteiger partial charge in [0.25, 0.3) is 0 Å². The second kappa shape index (κ2) is 4.22. The lowest BCUT2D eigenvalue weighted by Crippen LogP contribution is -1.87. The molecule has 4 nitrogen and oxygen atoms in total. The Hall–Kier alpha value is -1.66. The summed E-state index contributed by atoms with van der Waals surface area (Å²) in [6.07, 6.45) is 0. The number of aryl methyl sites for hydroxylation is 1. The molecule has 0 saturated carbocycles. The predicted molar refractivity (Wildman–Crippen MR) is 76.4 cm³/mol. The van der Waals surface area contributed by atoms with E-state index in [4.69, 9.17) is 10.5 Å². The minimum atomic E-state index is 0.544. The third-order valence-corrected chi connectivity index (χ3v) is 4.33. The van der Waals surface area contributed by atoms with E-state index in [9.17, 15) is 0 Å². The molecule has 0 aliphatic rings. The minimum absolute atomic E-state index is 0.544. The Bertz CT molecular complexity index is 717. The molecule has 0 amide bonds. The molecular formula is C12H11N3OS2. The molecule has 0 spiro atoms. The molecule has 92 valence electrons. The number of rotatable bonds is 2. The highest BCUT2D eigenvalue weighted by Gasteiger charge is 2.14. The SMILES string of the molecule is COc1ccc(-c2csc(C)n2)c2sc(N)nc12. The number of ether oxygens (including phenoxy) is 1. The zero-order chi connectivity index (χ0) is 12.7. The van der Waals surface area contributed by atoms with E-state index in [0.29, 0.717) is 5.13 Å². The fourth-order valence-corrected chi connectivity index (χ4v) is 3.34. The number of anilines is 1. The Morgan fingerprint density at radius 2 is 2.11 bits per heavy atom. The van der Waals surface area contributed by atoms with Gasteiger partial charge < -0.3 is 10.5 Å². The maximum Gasteiger partial charge on any atom is 0.181 e. The van der Waals surface area contributed by atoms with Crippen molar-refractivity contribution in [2.24, 2.45) is 0 Å². The molecule has 0 aliphatic heterocycles. The third kappa shape index (κ3) is 1.74. The zero-order valence-electron chi connectivity index (χ0n) is 9.93. The first-order chi connectivity index (χ1) is 8.69. The topological polar surface area (TPSA) is 61.0 Å². The van der Waals surface area contributed by atoms with Crippen molar-refractivity contribution in [3.63, 3.8) is 0 Å². The largest absolute Gasteiger partial charge is 0.494 e.